The molecule has 0 radical (unpaired) electrons. The van der Waals surface area contributed by atoms with Gasteiger partial charge in [0.15, 0.2) is 0 Å². The molecule has 4 heteroatoms. The Bertz CT molecular complexity index is 940. The van der Waals surface area contributed by atoms with Gasteiger partial charge < -0.3 is 4.74 Å². The number of hydrogen-bond donors (Lipinski definition) is 0. The van der Waals surface area contributed by atoms with Crippen LogP contribution in [-0.4, -0.2) is 12.8 Å². The number of methoxy groups -OCH3 is 1. The van der Waals surface area contributed by atoms with E-state index in [1.54, 1.807) is 7.11 Å². The molecular formula is C22H19ClN2O. The van der Waals surface area contributed by atoms with Crippen LogP contribution < -0.4 is 9.75 Å². The van der Waals surface area contributed by atoms with Gasteiger partial charge in [-0.15, -0.1) is 0 Å². The van der Waals surface area contributed by atoms with E-state index in [4.69, 9.17) is 21.4 Å². The van der Waals surface area contributed by atoms with Gasteiger partial charge in [-0.25, -0.2) is 0 Å². The summed E-state index contributed by atoms with van der Waals surface area (Å²) in [4.78, 5) is 0. The highest BCUT2D eigenvalue weighted by Crippen LogP contribution is 2.40. The second kappa shape index (κ2) is 7.22. The molecule has 4 rings (SSSR count). The minimum Gasteiger partial charge on any atom is -0.496 e. The molecule has 130 valence electrons. The molecule has 1 unspecified atom stereocenters. The molecule has 1 aliphatic rings. The first kappa shape index (κ1) is 16.7. The minimum absolute atomic E-state index is 0.0554. The van der Waals surface area contributed by atoms with Crippen molar-refractivity contribution in [1.29, 1.82) is 0 Å². The van der Waals surface area contributed by atoms with Gasteiger partial charge in [-0.05, 0) is 24.3 Å². The van der Waals surface area contributed by atoms with Gasteiger partial charge in [0.1, 0.15) is 5.75 Å². The number of rotatable bonds is 4. The first-order valence-electron chi connectivity index (χ1n) is 8.57. The van der Waals surface area contributed by atoms with Crippen LogP contribution in [-0.2, 0) is 0 Å². The monoisotopic (exact) mass is 362 g/mol. The summed E-state index contributed by atoms with van der Waals surface area (Å²) in [7, 11) is 1.70. The lowest BCUT2D eigenvalue weighted by Gasteiger charge is -2.25. The molecule has 26 heavy (non-hydrogen) atoms. The van der Waals surface area contributed by atoms with Crippen molar-refractivity contribution in [3.8, 4) is 5.75 Å². The topological polar surface area (TPSA) is 24.8 Å². The molecule has 0 amide bonds. The highest BCUT2D eigenvalue weighted by Gasteiger charge is 2.32. The Hall–Kier alpha value is -2.78. The summed E-state index contributed by atoms with van der Waals surface area (Å²) in [6, 6.07) is 26.2. The van der Waals surface area contributed by atoms with E-state index >= 15 is 0 Å². The molecule has 0 N–H and O–H groups in total. The molecule has 0 aromatic heterocycles. The fourth-order valence-electron chi connectivity index (χ4n) is 3.37. The van der Waals surface area contributed by atoms with Crippen LogP contribution in [0.15, 0.2) is 84.0 Å². The maximum absolute atomic E-state index is 6.43. The van der Waals surface area contributed by atoms with Crippen molar-refractivity contribution in [1.82, 2.24) is 0 Å². The Morgan fingerprint density at radius 1 is 0.923 bits per heavy atom. The van der Waals surface area contributed by atoms with Gasteiger partial charge in [0.05, 0.1) is 24.6 Å². The summed E-state index contributed by atoms with van der Waals surface area (Å²) in [5, 5.41) is 7.72. The minimum atomic E-state index is 0.0554. The molecule has 0 fully saturated rings. The normalized spacial score (nSPS) is 16.5. The fraction of sp³-hybridized carbons (Fsp3) is 0.136. The number of ether oxygens (including phenoxy) is 1. The number of anilines is 1. The van der Waals surface area contributed by atoms with Crippen LogP contribution in [0.25, 0.3) is 0 Å². The van der Waals surface area contributed by atoms with Crippen molar-refractivity contribution in [2.24, 2.45) is 5.10 Å². The lowest BCUT2D eigenvalue weighted by Crippen LogP contribution is -2.19. The van der Waals surface area contributed by atoms with E-state index in [2.05, 4.69) is 23.2 Å². The highest BCUT2D eigenvalue weighted by atomic mass is 35.5. The summed E-state index contributed by atoms with van der Waals surface area (Å²) < 4.78 is 5.60. The molecule has 0 saturated heterocycles. The summed E-state index contributed by atoms with van der Waals surface area (Å²) in [5.41, 5.74) is 4.12. The molecule has 3 aromatic rings. The van der Waals surface area contributed by atoms with Crippen molar-refractivity contribution in [2.75, 3.05) is 12.1 Å². The second-order valence-corrected chi connectivity index (χ2v) is 6.58. The summed E-state index contributed by atoms with van der Waals surface area (Å²) in [6.45, 7) is 0. The zero-order valence-corrected chi connectivity index (χ0v) is 15.2. The standard InChI is InChI=1S/C22H19ClN2O/c1-26-22-14-8-6-12-18(22)21-15-20(17-11-5-7-13-19(17)23)24-25(21)16-9-3-2-4-10-16/h2-14,21H,15H2,1H3. The summed E-state index contributed by atoms with van der Waals surface area (Å²) >= 11 is 6.43. The molecule has 3 nitrogen and oxygen atoms in total. The molecule has 1 atom stereocenters. The third kappa shape index (κ3) is 3.06. The van der Waals surface area contributed by atoms with Gasteiger partial charge in [0, 0.05) is 22.6 Å². The molecule has 1 aliphatic heterocycles. The average Bonchev–Trinajstić information content (AvgIpc) is 3.14. The number of hydrogen-bond acceptors (Lipinski definition) is 3. The van der Waals surface area contributed by atoms with Crippen LogP contribution in [0.4, 0.5) is 5.69 Å². The quantitative estimate of drug-likeness (QED) is 0.594. The first-order valence-corrected chi connectivity index (χ1v) is 8.95. The highest BCUT2D eigenvalue weighted by molar-refractivity contribution is 6.34. The van der Waals surface area contributed by atoms with Crippen LogP contribution in [0.5, 0.6) is 5.75 Å². The maximum atomic E-state index is 6.43. The Labute approximate surface area is 158 Å². The van der Waals surface area contributed by atoms with Crippen LogP contribution in [0.1, 0.15) is 23.6 Å². The van der Waals surface area contributed by atoms with Crippen LogP contribution in [0.3, 0.4) is 0 Å². The van der Waals surface area contributed by atoms with Gasteiger partial charge in [0.25, 0.3) is 0 Å². The van der Waals surface area contributed by atoms with Gasteiger partial charge in [0.2, 0.25) is 0 Å². The van der Waals surface area contributed by atoms with Crippen LogP contribution in [0, 0.1) is 0 Å². The largest absolute Gasteiger partial charge is 0.496 e. The zero-order valence-electron chi connectivity index (χ0n) is 14.5. The van der Waals surface area contributed by atoms with Gasteiger partial charge in [-0.3, -0.25) is 5.01 Å². The number of halogens is 1. The Balaban J connectivity index is 1.80. The third-order valence-electron chi connectivity index (χ3n) is 4.61. The maximum Gasteiger partial charge on any atom is 0.124 e. The van der Waals surface area contributed by atoms with E-state index < -0.39 is 0 Å². The predicted octanol–water partition coefficient (Wildman–Crippen LogP) is 5.70. The number of hydrazone groups is 1. The predicted molar refractivity (Wildman–Crippen MR) is 107 cm³/mol. The second-order valence-electron chi connectivity index (χ2n) is 6.17. The average molecular weight is 363 g/mol. The van der Waals surface area contributed by atoms with Gasteiger partial charge in [-0.1, -0.05) is 66.2 Å². The van der Waals surface area contributed by atoms with E-state index in [0.29, 0.717) is 0 Å². The lowest BCUT2D eigenvalue weighted by atomic mass is 9.97. The zero-order chi connectivity index (χ0) is 17.9. The molecular weight excluding hydrogens is 344 g/mol. The Kier molecular flexibility index (Phi) is 4.63. The SMILES string of the molecule is COc1ccccc1C1CC(c2ccccc2Cl)=NN1c1ccccc1. The van der Waals surface area contributed by atoms with Crippen molar-refractivity contribution in [3.05, 3.63) is 95.0 Å². The van der Waals surface area contributed by atoms with Gasteiger partial charge >= 0.3 is 0 Å². The van der Waals surface area contributed by atoms with Crippen molar-refractivity contribution >= 4 is 23.0 Å². The van der Waals surface area contributed by atoms with E-state index in [0.717, 1.165) is 39.7 Å². The smallest absolute Gasteiger partial charge is 0.124 e. The van der Waals surface area contributed by atoms with Crippen molar-refractivity contribution < 1.29 is 4.74 Å². The summed E-state index contributed by atoms with van der Waals surface area (Å²) in [6.07, 6.45) is 0.763. The number of benzene rings is 3. The third-order valence-corrected chi connectivity index (χ3v) is 4.94. The molecule has 0 aliphatic carbocycles. The van der Waals surface area contributed by atoms with Crippen LogP contribution in [0.2, 0.25) is 5.02 Å². The fourth-order valence-corrected chi connectivity index (χ4v) is 3.62. The van der Waals surface area contributed by atoms with E-state index in [-0.39, 0.29) is 6.04 Å². The molecule has 0 bridgehead atoms. The van der Waals surface area contributed by atoms with Crippen molar-refractivity contribution in [3.63, 3.8) is 0 Å². The van der Waals surface area contributed by atoms with Gasteiger partial charge in [-0.2, -0.15) is 5.10 Å². The number of nitrogens with zero attached hydrogens (tertiary/aromatic N) is 2. The molecule has 1 heterocycles. The number of para-hydroxylation sites is 2. The Morgan fingerprint density at radius 2 is 1.62 bits per heavy atom. The molecule has 0 spiro atoms. The summed E-state index contributed by atoms with van der Waals surface area (Å²) in [5.74, 6) is 0.869. The van der Waals surface area contributed by atoms with E-state index in [9.17, 15) is 0 Å². The van der Waals surface area contributed by atoms with Crippen LogP contribution >= 0.6 is 11.6 Å². The van der Waals surface area contributed by atoms with Crippen molar-refractivity contribution in [2.45, 2.75) is 12.5 Å². The lowest BCUT2D eigenvalue weighted by molar-refractivity contribution is 0.405. The first-order chi connectivity index (χ1) is 12.8. The molecule has 3 aromatic carbocycles. The Morgan fingerprint density at radius 3 is 2.38 bits per heavy atom. The van der Waals surface area contributed by atoms with E-state index in [1.807, 2.05) is 60.7 Å². The van der Waals surface area contributed by atoms with E-state index in [1.165, 1.54) is 0 Å². The molecule has 0 saturated carbocycles.